The van der Waals surface area contributed by atoms with Crippen LogP contribution in [0.15, 0.2) is 17.4 Å². The molecule has 0 aromatic heterocycles. The molecule has 0 radical (unpaired) electrons. The molecule has 1 aliphatic rings. The molecule has 0 spiro atoms. The van der Waals surface area contributed by atoms with E-state index >= 15 is 0 Å². The van der Waals surface area contributed by atoms with Crippen LogP contribution in [0.2, 0.25) is 0 Å². The van der Waals surface area contributed by atoms with Gasteiger partial charge in [-0.15, -0.1) is 0 Å². The first-order valence-electron chi connectivity index (χ1n) is 15.3. The first-order valence-corrected chi connectivity index (χ1v) is 15.3. The number of aliphatic imine (C=N–C) groups is 1. The lowest BCUT2D eigenvalue weighted by molar-refractivity contribution is -0.683. The summed E-state index contributed by atoms with van der Waals surface area (Å²) in [7, 11) is 2.04. The van der Waals surface area contributed by atoms with Gasteiger partial charge in [-0.05, 0) is 12.8 Å². The van der Waals surface area contributed by atoms with E-state index in [0.717, 1.165) is 25.1 Å². The number of unbranched alkanes of at least 4 members (excludes halogenated alkanes) is 20. The summed E-state index contributed by atoms with van der Waals surface area (Å²) in [5.74, 6) is 1.38. The summed E-state index contributed by atoms with van der Waals surface area (Å²) in [4.78, 5) is 17.5. The number of nitrogens with zero attached hydrogens (tertiary/aromatic N) is 2. The number of hydrogen-bond donors (Lipinski definition) is 0. The number of hydrogen-bond acceptors (Lipinski definition) is 2. The zero-order valence-electron chi connectivity index (χ0n) is 23.4. The Morgan fingerprint density at radius 2 is 1.00 bits per heavy atom. The third kappa shape index (κ3) is 14.4. The van der Waals surface area contributed by atoms with E-state index in [-0.39, 0.29) is 0 Å². The van der Waals surface area contributed by atoms with Crippen molar-refractivity contribution in [1.29, 1.82) is 0 Å². The Kier molecular flexibility index (Phi) is 19.5. The molecule has 1 rings (SSSR count). The first-order chi connectivity index (χ1) is 16.6. The second-order valence-electron chi connectivity index (χ2n) is 10.9. The summed E-state index contributed by atoms with van der Waals surface area (Å²) in [6.45, 7) is 4.55. The van der Waals surface area contributed by atoms with Crippen LogP contribution in [0, 0.1) is 0 Å². The highest BCUT2D eigenvalue weighted by atomic mass is 16.2. The minimum absolute atomic E-state index is 0.323. The third-order valence-electron chi connectivity index (χ3n) is 7.64. The Morgan fingerprint density at radius 1 is 0.618 bits per heavy atom. The van der Waals surface area contributed by atoms with E-state index in [4.69, 9.17) is 0 Å². The molecule has 0 aliphatic carbocycles. The largest absolute Gasteiger partial charge is 0.324 e. The fraction of sp³-hybridized carbons (Fsp3) is 0.871. The third-order valence-corrected chi connectivity index (χ3v) is 7.64. The number of amides is 1. The summed E-state index contributed by atoms with van der Waals surface area (Å²) >= 11 is 0. The van der Waals surface area contributed by atoms with Crippen molar-refractivity contribution in [1.82, 2.24) is 0 Å². The van der Waals surface area contributed by atoms with E-state index in [2.05, 4.69) is 18.8 Å². The molecule has 3 nitrogen and oxygen atoms in total. The van der Waals surface area contributed by atoms with E-state index in [9.17, 15) is 4.79 Å². The Hall–Kier alpha value is -0.960. The fourth-order valence-electron chi connectivity index (χ4n) is 5.10. The number of carbonyl (C=O) groups excluding carboxylic acids is 1. The van der Waals surface area contributed by atoms with E-state index in [1.165, 1.54) is 128 Å². The summed E-state index contributed by atoms with van der Waals surface area (Å²) in [6.07, 6.45) is 35.0. The van der Waals surface area contributed by atoms with Crippen LogP contribution in [-0.2, 0) is 4.79 Å². The SMILES string of the molecule is CCCCCCCCCCCCCCCCC1=NC=C[N+]1(C)C(=O)CCCCCCCCCC. The molecule has 0 aromatic carbocycles. The van der Waals surface area contributed by atoms with E-state index in [1.807, 2.05) is 19.4 Å². The molecule has 0 bridgehead atoms. The summed E-state index contributed by atoms with van der Waals surface area (Å²) in [5.41, 5.74) is 0. The van der Waals surface area contributed by atoms with Crippen LogP contribution in [0.3, 0.4) is 0 Å². The lowest BCUT2D eigenvalue weighted by Crippen LogP contribution is -2.47. The highest BCUT2D eigenvalue weighted by Crippen LogP contribution is 2.22. The van der Waals surface area contributed by atoms with Crippen molar-refractivity contribution in [2.45, 2.75) is 168 Å². The maximum Gasteiger partial charge on any atom is 0.324 e. The quantitative estimate of drug-likeness (QED) is 0.101. The molecule has 0 saturated heterocycles. The highest BCUT2D eigenvalue weighted by Gasteiger charge is 2.37. The van der Waals surface area contributed by atoms with Gasteiger partial charge in [-0.3, -0.25) is 0 Å². The van der Waals surface area contributed by atoms with Gasteiger partial charge in [0.05, 0.1) is 19.7 Å². The molecule has 198 valence electrons. The van der Waals surface area contributed by atoms with E-state index in [1.54, 1.807) is 0 Å². The second kappa shape index (κ2) is 21.3. The van der Waals surface area contributed by atoms with Gasteiger partial charge in [0, 0.05) is 6.42 Å². The highest BCUT2D eigenvalue weighted by molar-refractivity contribution is 5.90. The van der Waals surface area contributed by atoms with Crippen molar-refractivity contribution >= 4 is 11.7 Å². The van der Waals surface area contributed by atoms with Crippen LogP contribution in [0.25, 0.3) is 0 Å². The molecule has 3 heteroatoms. The standard InChI is InChI=1S/C31H59N2O/c1-4-6-8-10-12-14-15-16-17-18-19-20-22-24-26-30-32-28-29-33(30,3)31(34)27-25-23-21-13-11-9-7-5-2/h28-29H,4-27H2,1-3H3/q+1. The molecule has 1 atom stereocenters. The maximum absolute atomic E-state index is 12.9. The number of quaternary nitrogens is 1. The Bertz CT molecular complexity index is 554. The van der Waals surface area contributed by atoms with Gasteiger partial charge in [-0.25, -0.2) is 9.79 Å². The predicted octanol–water partition coefficient (Wildman–Crippen LogP) is 10.2. The van der Waals surface area contributed by atoms with Crippen molar-refractivity contribution in [3.63, 3.8) is 0 Å². The summed E-state index contributed by atoms with van der Waals surface area (Å²) in [5, 5.41) is 0. The zero-order chi connectivity index (χ0) is 24.7. The average molecular weight is 476 g/mol. The van der Waals surface area contributed by atoms with Crippen LogP contribution in [0.4, 0.5) is 0 Å². The molecule has 1 aliphatic heterocycles. The van der Waals surface area contributed by atoms with Gasteiger partial charge in [-0.1, -0.05) is 142 Å². The topological polar surface area (TPSA) is 29.4 Å². The van der Waals surface area contributed by atoms with Crippen molar-refractivity contribution in [2.24, 2.45) is 4.99 Å². The molecule has 1 unspecified atom stereocenters. The van der Waals surface area contributed by atoms with Crippen molar-refractivity contribution in [3.8, 4) is 0 Å². The minimum Gasteiger partial charge on any atom is -0.230 e. The Labute approximate surface area is 213 Å². The number of amidine groups is 1. The summed E-state index contributed by atoms with van der Waals surface area (Å²) in [6, 6.07) is 0. The van der Waals surface area contributed by atoms with Gasteiger partial charge < -0.3 is 0 Å². The van der Waals surface area contributed by atoms with Crippen molar-refractivity contribution in [2.75, 3.05) is 7.05 Å². The molecule has 0 fully saturated rings. The molecule has 0 N–H and O–H groups in total. The maximum atomic E-state index is 12.9. The van der Waals surface area contributed by atoms with E-state index < -0.39 is 0 Å². The Balaban J connectivity index is 2.02. The number of carbonyl (C=O) groups is 1. The molecule has 0 aromatic rings. The zero-order valence-corrected chi connectivity index (χ0v) is 23.4. The Morgan fingerprint density at radius 3 is 1.44 bits per heavy atom. The van der Waals surface area contributed by atoms with Crippen LogP contribution >= 0.6 is 0 Å². The van der Waals surface area contributed by atoms with Gasteiger partial charge in [0.2, 0.25) is 5.84 Å². The smallest absolute Gasteiger partial charge is 0.230 e. The van der Waals surface area contributed by atoms with Gasteiger partial charge in [0.1, 0.15) is 6.20 Å². The predicted molar refractivity (Wildman–Crippen MR) is 150 cm³/mol. The normalized spacial score (nSPS) is 17.4. The molecular formula is C31H59N2O+. The van der Waals surface area contributed by atoms with Gasteiger partial charge in [0.15, 0.2) is 0 Å². The lowest BCUT2D eigenvalue weighted by Gasteiger charge is -2.25. The van der Waals surface area contributed by atoms with E-state index in [0.29, 0.717) is 16.8 Å². The fourth-order valence-corrected chi connectivity index (χ4v) is 5.10. The van der Waals surface area contributed by atoms with Gasteiger partial charge >= 0.3 is 5.91 Å². The van der Waals surface area contributed by atoms with Crippen molar-refractivity contribution < 1.29 is 9.28 Å². The summed E-state index contributed by atoms with van der Waals surface area (Å²) < 4.78 is 0.328. The van der Waals surface area contributed by atoms with Crippen LogP contribution < -0.4 is 0 Å². The molecule has 1 heterocycles. The van der Waals surface area contributed by atoms with Gasteiger partial charge in [-0.2, -0.15) is 4.48 Å². The number of rotatable bonds is 24. The first kappa shape index (κ1) is 31.1. The van der Waals surface area contributed by atoms with Crippen LogP contribution in [0.1, 0.15) is 168 Å². The van der Waals surface area contributed by atoms with Crippen LogP contribution in [0.5, 0.6) is 0 Å². The minimum atomic E-state index is 0.323. The molecule has 0 saturated carbocycles. The van der Waals surface area contributed by atoms with Crippen LogP contribution in [-0.4, -0.2) is 23.3 Å². The lowest BCUT2D eigenvalue weighted by atomic mass is 10.0. The molecule has 1 amide bonds. The average Bonchev–Trinajstić information content (AvgIpc) is 3.22. The van der Waals surface area contributed by atoms with Crippen molar-refractivity contribution in [3.05, 3.63) is 12.4 Å². The van der Waals surface area contributed by atoms with Gasteiger partial charge in [0.25, 0.3) is 0 Å². The monoisotopic (exact) mass is 475 g/mol. The molecular weight excluding hydrogens is 416 g/mol. The second-order valence-corrected chi connectivity index (χ2v) is 10.9. The molecule has 34 heavy (non-hydrogen) atoms.